The van der Waals surface area contributed by atoms with Gasteiger partial charge in [0.05, 0.1) is 11.6 Å². The number of carbonyl (C=O) groups excluding carboxylic acids is 1. The van der Waals surface area contributed by atoms with Gasteiger partial charge in [0.1, 0.15) is 17.0 Å². The van der Waals surface area contributed by atoms with E-state index in [1.807, 2.05) is 37.3 Å². The van der Waals surface area contributed by atoms with Gasteiger partial charge in [-0.15, -0.1) is 11.3 Å². The Morgan fingerprint density at radius 3 is 2.90 bits per heavy atom. The SMILES string of the molecule is CC(c1cc2ccccc2o1)N(C)C(=O)c1cscn1. The van der Waals surface area contributed by atoms with E-state index < -0.39 is 0 Å². The van der Waals surface area contributed by atoms with Crippen LogP contribution in [0.1, 0.15) is 29.2 Å². The number of hydrogen-bond donors (Lipinski definition) is 0. The van der Waals surface area contributed by atoms with Crippen molar-refractivity contribution in [3.63, 3.8) is 0 Å². The number of carbonyl (C=O) groups is 1. The third kappa shape index (κ3) is 2.20. The summed E-state index contributed by atoms with van der Waals surface area (Å²) in [7, 11) is 1.76. The molecule has 0 aliphatic carbocycles. The number of para-hydroxylation sites is 1. The summed E-state index contributed by atoms with van der Waals surface area (Å²) in [6, 6.07) is 9.66. The first-order valence-corrected chi connectivity index (χ1v) is 7.25. The molecule has 5 heteroatoms. The molecule has 1 unspecified atom stereocenters. The van der Waals surface area contributed by atoms with Gasteiger partial charge in [-0.2, -0.15) is 0 Å². The van der Waals surface area contributed by atoms with Gasteiger partial charge in [-0.1, -0.05) is 18.2 Å². The zero-order valence-electron chi connectivity index (χ0n) is 11.2. The molecule has 20 heavy (non-hydrogen) atoms. The lowest BCUT2D eigenvalue weighted by Gasteiger charge is -2.22. The minimum Gasteiger partial charge on any atom is -0.459 e. The van der Waals surface area contributed by atoms with Crippen LogP contribution in [0.3, 0.4) is 0 Å². The Balaban J connectivity index is 1.87. The summed E-state index contributed by atoms with van der Waals surface area (Å²) in [6.07, 6.45) is 0. The molecule has 1 amide bonds. The van der Waals surface area contributed by atoms with Crippen LogP contribution in [-0.2, 0) is 0 Å². The van der Waals surface area contributed by atoms with E-state index in [0.29, 0.717) is 5.69 Å². The third-order valence-electron chi connectivity index (χ3n) is 3.41. The minimum absolute atomic E-state index is 0.0980. The van der Waals surface area contributed by atoms with Crippen molar-refractivity contribution in [1.29, 1.82) is 0 Å². The van der Waals surface area contributed by atoms with E-state index in [0.717, 1.165) is 16.7 Å². The monoisotopic (exact) mass is 286 g/mol. The number of amides is 1. The van der Waals surface area contributed by atoms with Gasteiger partial charge >= 0.3 is 0 Å². The third-order valence-corrected chi connectivity index (χ3v) is 4.00. The topological polar surface area (TPSA) is 46.3 Å². The number of benzene rings is 1. The molecule has 0 fully saturated rings. The van der Waals surface area contributed by atoms with E-state index in [2.05, 4.69) is 4.98 Å². The highest BCUT2D eigenvalue weighted by Crippen LogP contribution is 2.27. The standard InChI is InChI=1S/C15H14N2O2S/c1-10(17(2)15(18)12-8-20-9-16-12)14-7-11-5-3-4-6-13(11)19-14/h3-10H,1-2H3. The van der Waals surface area contributed by atoms with Crippen molar-refractivity contribution in [2.45, 2.75) is 13.0 Å². The van der Waals surface area contributed by atoms with Crippen LogP contribution in [-0.4, -0.2) is 22.8 Å². The van der Waals surface area contributed by atoms with Crippen LogP contribution in [0.2, 0.25) is 0 Å². The van der Waals surface area contributed by atoms with Gasteiger partial charge in [-0.05, 0) is 19.1 Å². The van der Waals surface area contributed by atoms with Crippen LogP contribution in [0, 0.1) is 0 Å². The molecule has 2 heterocycles. The van der Waals surface area contributed by atoms with Gasteiger partial charge in [0.15, 0.2) is 0 Å². The fourth-order valence-electron chi connectivity index (χ4n) is 2.07. The molecule has 4 nitrogen and oxygen atoms in total. The van der Waals surface area contributed by atoms with Gasteiger partial charge in [0.2, 0.25) is 0 Å². The summed E-state index contributed by atoms with van der Waals surface area (Å²) in [6.45, 7) is 1.95. The van der Waals surface area contributed by atoms with Gasteiger partial charge < -0.3 is 9.32 Å². The van der Waals surface area contributed by atoms with Crippen molar-refractivity contribution >= 4 is 28.2 Å². The number of hydrogen-bond acceptors (Lipinski definition) is 4. The average Bonchev–Trinajstić information content (AvgIpc) is 3.13. The highest BCUT2D eigenvalue weighted by molar-refractivity contribution is 7.07. The highest BCUT2D eigenvalue weighted by Gasteiger charge is 2.22. The van der Waals surface area contributed by atoms with Crippen LogP contribution in [0.15, 0.2) is 45.6 Å². The average molecular weight is 286 g/mol. The molecule has 3 aromatic rings. The molecular formula is C15H14N2O2S. The lowest BCUT2D eigenvalue weighted by Crippen LogP contribution is -2.29. The van der Waals surface area contributed by atoms with Crippen molar-refractivity contribution in [2.24, 2.45) is 0 Å². The number of fused-ring (bicyclic) bond motifs is 1. The quantitative estimate of drug-likeness (QED) is 0.737. The molecule has 0 bridgehead atoms. The predicted octanol–water partition coefficient (Wildman–Crippen LogP) is 3.72. The molecule has 1 aromatic carbocycles. The fourth-order valence-corrected chi connectivity index (χ4v) is 2.60. The van der Waals surface area contributed by atoms with Crippen molar-refractivity contribution in [3.05, 3.63) is 52.7 Å². The summed E-state index contributed by atoms with van der Waals surface area (Å²) in [5.74, 6) is 0.677. The Morgan fingerprint density at radius 2 is 2.20 bits per heavy atom. The van der Waals surface area contributed by atoms with Crippen LogP contribution < -0.4 is 0 Å². The van der Waals surface area contributed by atoms with Crippen molar-refractivity contribution in [1.82, 2.24) is 9.88 Å². The molecule has 0 saturated heterocycles. The number of nitrogens with zero attached hydrogens (tertiary/aromatic N) is 2. The zero-order chi connectivity index (χ0) is 14.1. The molecule has 3 rings (SSSR count). The molecule has 0 N–H and O–H groups in total. The first-order chi connectivity index (χ1) is 9.66. The number of rotatable bonds is 3. The fraction of sp³-hybridized carbons (Fsp3) is 0.200. The number of aromatic nitrogens is 1. The molecule has 1 atom stereocenters. The Labute approximate surface area is 120 Å². The first-order valence-electron chi connectivity index (χ1n) is 6.30. The van der Waals surface area contributed by atoms with Crippen LogP contribution >= 0.6 is 11.3 Å². The van der Waals surface area contributed by atoms with E-state index in [1.165, 1.54) is 11.3 Å². The van der Waals surface area contributed by atoms with Crippen LogP contribution in [0.5, 0.6) is 0 Å². The lowest BCUT2D eigenvalue weighted by molar-refractivity contribution is 0.0722. The van der Waals surface area contributed by atoms with Gasteiger partial charge in [0, 0.05) is 17.8 Å². The Kier molecular flexibility index (Phi) is 3.28. The molecule has 0 saturated carbocycles. The molecule has 0 aliphatic rings. The maximum absolute atomic E-state index is 12.3. The summed E-state index contributed by atoms with van der Waals surface area (Å²) >= 11 is 1.41. The Hall–Kier alpha value is -2.14. The van der Waals surface area contributed by atoms with Gasteiger partial charge in [-0.25, -0.2) is 4.98 Å². The van der Waals surface area contributed by atoms with Crippen molar-refractivity contribution < 1.29 is 9.21 Å². The molecule has 2 aromatic heterocycles. The predicted molar refractivity (Wildman–Crippen MR) is 78.8 cm³/mol. The second-order valence-corrected chi connectivity index (χ2v) is 5.37. The Bertz CT molecular complexity index is 700. The summed E-state index contributed by atoms with van der Waals surface area (Å²) in [5, 5.41) is 2.80. The second kappa shape index (κ2) is 5.09. The van der Waals surface area contributed by atoms with E-state index in [1.54, 1.807) is 22.8 Å². The van der Waals surface area contributed by atoms with Crippen LogP contribution in [0.25, 0.3) is 11.0 Å². The van der Waals surface area contributed by atoms with Gasteiger partial charge in [-0.3, -0.25) is 4.79 Å². The molecular weight excluding hydrogens is 272 g/mol. The molecule has 0 aliphatic heterocycles. The van der Waals surface area contributed by atoms with Crippen LogP contribution in [0.4, 0.5) is 0 Å². The lowest BCUT2D eigenvalue weighted by atomic mass is 10.2. The summed E-state index contributed by atoms with van der Waals surface area (Å²) in [4.78, 5) is 18.0. The molecule has 0 radical (unpaired) electrons. The van der Waals surface area contributed by atoms with Crippen molar-refractivity contribution in [3.8, 4) is 0 Å². The van der Waals surface area contributed by atoms with Crippen molar-refractivity contribution in [2.75, 3.05) is 7.05 Å². The molecule has 0 spiro atoms. The summed E-state index contributed by atoms with van der Waals surface area (Å²) < 4.78 is 5.81. The smallest absolute Gasteiger partial charge is 0.273 e. The zero-order valence-corrected chi connectivity index (χ0v) is 12.1. The molecule has 102 valence electrons. The maximum atomic E-state index is 12.3. The van der Waals surface area contributed by atoms with E-state index in [4.69, 9.17) is 4.42 Å². The number of furan rings is 1. The highest BCUT2D eigenvalue weighted by atomic mass is 32.1. The minimum atomic E-state index is -0.142. The summed E-state index contributed by atoms with van der Waals surface area (Å²) in [5.41, 5.74) is 2.97. The normalized spacial score (nSPS) is 12.5. The van der Waals surface area contributed by atoms with Gasteiger partial charge in [0.25, 0.3) is 5.91 Å². The largest absolute Gasteiger partial charge is 0.459 e. The number of thiazole rings is 1. The maximum Gasteiger partial charge on any atom is 0.273 e. The van der Waals surface area contributed by atoms with E-state index in [9.17, 15) is 4.79 Å². The van der Waals surface area contributed by atoms with E-state index in [-0.39, 0.29) is 11.9 Å². The second-order valence-electron chi connectivity index (χ2n) is 4.65. The van der Waals surface area contributed by atoms with E-state index >= 15 is 0 Å². The first kappa shape index (κ1) is 12.9. The Morgan fingerprint density at radius 1 is 1.40 bits per heavy atom.